The smallest absolute Gasteiger partial charge is 0.241 e. The van der Waals surface area contributed by atoms with Crippen LogP contribution in [0.1, 0.15) is 19.4 Å². The Morgan fingerprint density at radius 2 is 1.70 bits per heavy atom. The lowest BCUT2D eigenvalue weighted by atomic mass is 10.2. The maximum Gasteiger partial charge on any atom is 0.241 e. The van der Waals surface area contributed by atoms with E-state index >= 15 is 0 Å². The molecule has 30 heavy (non-hydrogen) atoms. The van der Waals surface area contributed by atoms with Crippen LogP contribution in [0, 0.1) is 0 Å². The average molecular weight is 435 g/mol. The van der Waals surface area contributed by atoms with Crippen LogP contribution in [0.25, 0.3) is 0 Å². The summed E-state index contributed by atoms with van der Waals surface area (Å²) in [5, 5.41) is 0. The van der Waals surface area contributed by atoms with Crippen LogP contribution in [0.15, 0.2) is 41.4 Å². The second kappa shape index (κ2) is 10.1. The van der Waals surface area contributed by atoms with Crippen LogP contribution in [0.3, 0.4) is 0 Å². The van der Waals surface area contributed by atoms with Crippen LogP contribution in [-0.4, -0.2) is 64.7 Å². The van der Waals surface area contributed by atoms with Crippen molar-refractivity contribution in [2.24, 2.45) is 0 Å². The Balaban J connectivity index is 1.70. The number of hydrogen-bond acceptors (Lipinski definition) is 7. The van der Waals surface area contributed by atoms with Gasteiger partial charge in [0.1, 0.15) is 5.82 Å². The Morgan fingerprint density at radius 3 is 2.40 bits per heavy atom. The number of nitrogens with zero attached hydrogens (tertiary/aromatic N) is 3. The summed E-state index contributed by atoms with van der Waals surface area (Å²) in [6.07, 6.45) is 1.72. The van der Waals surface area contributed by atoms with E-state index in [0.717, 1.165) is 37.6 Å². The van der Waals surface area contributed by atoms with E-state index in [-0.39, 0.29) is 11.4 Å². The first kappa shape index (κ1) is 22.3. The van der Waals surface area contributed by atoms with Crippen molar-refractivity contribution < 1.29 is 17.9 Å². The molecule has 0 spiro atoms. The van der Waals surface area contributed by atoms with Gasteiger partial charge in [0.2, 0.25) is 10.0 Å². The molecule has 1 N–H and O–H groups in total. The Hall–Kier alpha value is -2.36. The molecule has 0 radical (unpaired) electrons. The zero-order chi connectivity index (χ0) is 21.6. The van der Waals surface area contributed by atoms with Gasteiger partial charge in [0, 0.05) is 45.0 Å². The van der Waals surface area contributed by atoms with Gasteiger partial charge in [-0.25, -0.2) is 18.1 Å². The highest BCUT2D eigenvalue weighted by atomic mass is 32.2. The standard InChI is InChI=1S/C21H30N4O4S/c1-4-28-19-7-6-18(15-20(19)29-5-2)30(26,27)23-16-17-8-9-22-21(14-17)25-12-10-24(3)11-13-25/h6-9,14-15,23H,4-5,10-13,16H2,1-3H3. The van der Waals surface area contributed by atoms with Gasteiger partial charge < -0.3 is 19.3 Å². The van der Waals surface area contributed by atoms with Crippen molar-refractivity contribution in [3.8, 4) is 11.5 Å². The summed E-state index contributed by atoms with van der Waals surface area (Å²) in [5.41, 5.74) is 0.860. The molecular formula is C21H30N4O4S. The van der Waals surface area contributed by atoms with Gasteiger partial charge in [-0.15, -0.1) is 0 Å². The van der Waals surface area contributed by atoms with Gasteiger partial charge in [-0.05, 0) is 50.7 Å². The molecule has 0 amide bonds. The second-order valence-electron chi connectivity index (χ2n) is 7.11. The quantitative estimate of drug-likeness (QED) is 0.647. The predicted octanol–water partition coefficient (Wildman–Crippen LogP) is 2.11. The molecule has 1 aromatic carbocycles. The number of benzene rings is 1. The minimum Gasteiger partial charge on any atom is -0.490 e. The average Bonchev–Trinajstić information content (AvgIpc) is 2.74. The molecule has 8 nitrogen and oxygen atoms in total. The zero-order valence-corrected chi connectivity index (χ0v) is 18.6. The second-order valence-corrected chi connectivity index (χ2v) is 8.88. The molecule has 1 aliphatic heterocycles. The molecule has 2 aromatic rings. The fourth-order valence-corrected chi connectivity index (χ4v) is 4.27. The van der Waals surface area contributed by atoms with Crippen molar-refractivity contribution in [3.63, 3.8) is 0 Å². The summed E-state index contributed by atoms with van der Waals surface area (Å²) in [6.45, 7) is 8.57. The van der Waals surface area contributed by atoms with Gasteiger partial charge in [0.15, 0.2) is 11.5 Å². The van der Waals surface area contributed by atoms with Gasteiger partial charge in [-0.3, -0.25) is 0 Å². The number of hydrogen-bond donors (Lipinski definition) is 1. The maximum absolute atomic E-state index is 12.8. The molecule has 0 saturated carbocycles. The first-order valence-electron chi connectivity index (χ1n) is 10.2. The van der Waals surface area contributed by atoms with E-state index in [2.05, 4.69) is 26.6 Å². The molecule has 2 heterocycles. The molecule has 164 valence electrons. The van der Waals surface area contributed by atoms with Crippen LogP contribution in [-0.2, 0) is 16.6 Å². The lowest BCUT2D eigenvalue weighted by Gasteiger charge is -2.33. The molecule has 0 atom stereocenters. The van der Waals surface area contributed by atoms with Crippen molar-refractivity contribution in [2.75, 3.05) is 51.3 Å². The summed E-state index contributed by atoms with van der Waals surface area (Å²) in [6, 6.07) is 8.42. The van der Waals surface area contributed by atoms with Crippen LogP contribution < -0.4 is 19.1 Å². The number of likely N-dealkylation sites (N-methyl/N-ethyl adjacent to an activating group) is 1. The fourth-order valence-electron chi connectivity index (χ4n) is 3.24. The minimum absolute atomic E-state index is 0.141. The molecular weight excluding hydrogens is 404 g/mol. The molecule has 1 aromatic heterocycles. The molecule has 0 bridgehead atoms. The highest BCUT2D eigenvalue weighted by Crippen LogP contribution is 2.30. The van der Waals surface area contributed by atoms with Crippen molar-refractivity contribution in [3.05, 3.63) is 42.1 Å². The van der Waals surface area contributed by atoms with Gasteiger partial charge in [0.05, 0.1) is 18.1 Å². The van der Waals surface area contributed by atoms with E-state index in [9.17, 15) is 8.42 Å². The lowest BCUT2D eigenvalue weighted by molar-refractivity contribution is 0.287. The van der Waals surface area contributed by atoms with Crippen LogP contribution in [0.4, 0.5) is 5.82 Å². The topological polar surface area (TPSA) is 84.0 Å². The number of anilines is 1. The third-order valence-electron chi connectivity index (χ3n) is 4.93. The van der Waals surface area contributed by atoms with Crippen molar-refractivity contribution >= 4 is 15.8 Å². The Morgan fingerprint density at radius 1 is 1.00 bits per heavy atom. The van der Waals surface area contributed by atoms with Crippen LogP contribution in [0.5, 0.6) is 11.5 Å². The predicted molar refractivity (Wildman–Crippen MR) is 117 cm³/mol. The Bertz CT molecular complexity index is 944. The molecule has 0 unspecified atom stereocenters. The summed E-state index contributed by atoms with van der Waals surface area (Å²) >= 11 is 0. The van der Waals surface area contributed by atoms with Crippen molar-refractivity contribution in [1.82, 2.24) is 14.6 Å². The minimum atomic E-state index is -3.70. The van der Waals surface area contributed by atoms with Gasteiger partial charge in [-0.2, -0.15) is 0 Å². The highest BCUT2D eigenvalue weighted by Gasteiger charge is 2.19. The van der Waals surface area contributed by atoms with E-state index in [0.29, 0.717) is 24.7 Å². The first-order valence-corrected chi connectivity index (χ1v) is 11.7. The van der Waals surface area contributed by atoms with E-state index in [1.165, 1.54) is 12.1 Å². The van der Waals surface area contributed by atoms with E-state index in [4.69, 9.17) is 9.47 Å². The van der Waals surface area contributed by atoms with E-state index in [1.807, 2.05) is 26.0 Å². The fraction of sp³-hybridized carbons (Fsp3) is 0.476. The Kier molecular flexibility index (Phi) is 7.52. The summed E-state index contributed by atoms with van der Waals surface area (Å²) in [4.78, 5) is 9.09. The largest absolute Gasteiger partial charge is 0.490 e. The van der Waals surface area contributed by atoms with Crippen molar-refractivity contribution in [2.45, 2.75) is 25.3 Å². The molecule has 3 rings (SSSR count). The number of sulfonamides is 1. The summed E-state index contributed by atoms with van der Waals surface area (Å²) in [7, 11) is -1.60. The Labute approximate surface area is 178 Å². The van der Waals surface area contributed by atoms with Crippen LogP contribution >= 0.6 is 0 Å². The molecule has 1 aliphatic rings. The normalized spacial score (nSPS) is 15.2. The number of pyridine rings is 1. The molecule has 0 aliphatic carbocycles. The zero-order valence-electron chi connectivity index (χ0n) is 17.8. The third-order valence-corrected chi connectivity index (χ3v) is 6.33. The number of aromatic nitrogens is 1. The number of rotatable bonds is 9. The van der Waals surface area contributed by atoms with Gasteiger partial charge in [-0.1, -0.05) is 0 Å². The van der Waals surface area contributed by atoms with E-state index < -0.39 is 10.0 Å². The lowest BCUT2D eigenvalue weighted by Crippen LogP contribution is -2.44. The molecule has 9 heteroatoms. The van der Waals surface area contributed by atoms with E-state index in [1.54, 1.807) is 12.3 Å². The number of nitrogens with one attached hydrogen (secondary N) is 1. The monoisotopic (exact) mass is 434 g/mol. The maximum atomic E-state index is 12.8. The number of piperazine rings is 1. The SMILES string of the molecule is CCOc1ccc(S(=O)(=O)NCc2ccnc(N3CCN(C)CC3)c2)cc1OCC. The van der Waals surface area contributed by atoms with Crippen LogP contribution in [0.2, 0.25) is 0 Å². The first-order chi connectivity index (χ1) is 14.4. The third kappa shape index (κ3) is 5.62. The summed E-state index contributed by atoms with van der Waals surface area (Å²) < 4.78 is 39.4. The number of ether oxygens (including phenoxy) is 2. The molecule has 1 fully saturated rings. The summed E-state index contributed by atoms with van der Waals surface area (Å²) in [5.74, 6) is 1.83. The van der Waals surface area contributed by atoms with Gasteiger partial charge >= 0.3 is 0 Å². The van der Waals surface area contributed by atoms with Gasteiger partial charge in [0.25, 0.3) is 0 Å². The van der Waals surface area contributed by atoms with Crippen molar-refractivity contribution in [1.29, 1.82) is 0 Å². The molecule has 1 saturated heterocycles. The highest BCUT2D eigenvalue weighted by molar-refractivity contribution is 7.89.